The highest BCUT2D eigenvalue weighted by Gasteiger charge is 2.31. The number of likely N-dealkylation sites (N-methyl/N-ethyl adjacent to an activating group) is 1. The zero-order valence-corrected chi connectivity index (χ0v) is 20.2. The lowest BCUT2D eigenvalue weighted by Gasteiger charge is -2.24. The molecule has 0 aliphatic carbocycles. The summed E-state index contributed by atoms with van der Waals surface area (Å²) in [6, 6.07) is 16.9. The van der Waals surface area contributed by atoms with Crippen LogP contribution in [0.25, 0.3) is 0 Å². The number of nitrogens with zero attached hydrogens (tertiary/aromatic N) is 1. The van der Waals surface area contributed by atoms with E-state index >= 15 is 0 Å². The summed E-state index contributed by atoms with van der Waals surface area (Å²) in [4.78, 5) is 39.0. The fraction of sp³-hybridized carbons (Fsp3) is 0.400. The summed E-state index contributed by atoms with van der Waals surface area (Å²) >= 11 is 1.51. The van der Waals surface area contributed by atoms with Gasteiger partial charge in [0, 0.05) is 24.1 Å². The van der Waals surface area contributed by atoms with E-state index in [4.69, 9.17) is 0 Å². The predicted octanol–water partition coefficient (Wildman–Crippen LogP) is 4.12. The van der Waals surface area contributed by atoms with Gasteiger partial charge in [0.15, 0.2) is 0 Å². The van der Waals surface area contributed by atoms with Gasteiger partial charge >= 0.3 is 6.03 Å². The van der Waals surface area contributed by atoms with E-state index < -0.39 is 29.8 Å². The maximum absolute atomic E-state index is 13.0. The SMILES string of the molecule is CNC(=O)[C@H](Cc1ccccc1)NC(=O)N(O)C(=O)[C@H](CCC(C)C)CSc1ccccc1. The highest BCUT2D eigenvalue weighted by Crippen LogP contribution is 2.25. The van der Waals surface area contributed by atoms with Gasteiger partial charge in [-0.15, -0.1) is 16.8 Å². The molecule has 8 heteroatoms. The van der Waals surface area contributed by atoms with Crippen LogP contribution in [0.15, 0.2) is 65.6 Å². The molecule has 33 heavy (non-hydrogen) atoms. The number of thioether (sulfide) groups is 1. The van der Waals surface area contributed by atoms with E-state index in [0.717, 1.165) is 16.9 Å². The molecule has 4 amide bonds. The van der Waals surface area contributed by atoms with Crippen LogP contribution in [0.5, 0.6) is 0 Å². The van der Waals surface area contributed by atoms with Crippen molar-refractivity contribution in [3.05, 3.63) is 66.2 Å². The summed E-state index contributed by atoms with van der Waals surface area (Å²) in [6.45, 7) is 4.12. The van der Waals surface area contributed by atoms with Crippen LogP contribution in [0.3, 0.4) is 0 Å². The molecule has 0 saturated carbocycles. The number of nitrogens with one attached hydrogen (secondary N) is 2. The molecular formula is C25H33N3O4S. The average Bonchev–Trinajstić information content (AvgIpc) is 2.83. The third-order valence-electron chi connectivity index (χ3n) is 5.18. The number of carbonyl (C=O) groups excluding carboxylic acids is 3. The fourth-order valence-corrected chi connectivity index (χ4v) is 4.30. The van der Waals surface area contributed by atoms with Crippen LogP contribution < -0.4 is 10.6 Å². The number of amides is 4. The summed E-state index contributed by atoms with van der Waals surface area (Å²) in [6.07, 6.45) is 1.56. The van der Waals surface area contributed by atoms with Crippen LogP contribution in [-0.2, 0) is 16.0 Å². The number of hydrogen-bond donors (Lipinski definition) is 3. The van der Waals surface area contributed by atoms with Crippen molar-refractivity contribution in [2.45, 2.75) is 44.0 Å². The van der Waals surface area contributed by atoms with E-state index in [9.17, 15) is 19.6 Å². The molecule has 0 radical (unpaired) electrons. The van der Waals surface area contributed by atoms with Crippen molar-refractivity contribution in [3.63, 3.8) is 0 Å². The third-order valence-corrected chi connectivity index (χ3v) is 6.36. The molecule has 2 atom stereocenters. The first kappa shape index (κ1) is 26.4. The van der Waals surface area contributed by atoms with E-state index in [1.165, 1.54) is 18.8 Å². The molecule has 0 spiro atoms. The van der Waals surface area contributed by atoms with Crippen LogP contribution in [0, 0.1) is 11.8 Å². The number of urea groups is 1. The third kappa shape index (κ3) is 8.90. The zero-order chi connectivity index (χ0) is 24.2. The maximum Gasteiger partial charge on any atom is 0.349 e. The minimum atomic E-state index is -1.01. The van der Waals surface area contributed by atoms with Gasteiger partial charge in [0.05, 0.1) is 5.92 Å². The molecule has 2 rings (SSSR count). The molecule has 0 saturated heterocycles. The molecule has 2 aromatic rings. The van der Waals surface area contributed by atoms with E-state index in [2.05, 4.69) is 24.5 Å². The molecular weight excluding hydrogens is 438 g/mol. The normalized spacial score (nSPS) is 12.6. The Kier molecular flexibility index (Phi) is 10.9. The summed E-state index contributed by atoms with van der Waals surface area (Å²) in [7, 11) is 1.47. The summed E-state index contributed by atoms with van der Waals surface area (Å²) < 4.78 is 0. The number of carbonyl (C=O) groups is 3. The molecule has 0 heterocycles. The highest BCUT2D eigenvalue weighted by atomic mass is 32.2. The number of rotatable bonds is 11. The zero-order valence-electron chi connectivity index (χ0n) is 19.4. The topological polar surface area (TPSA) is 98.7 Å². The lowest BCUT2D eigenvalue weighted by molar-refractivity contribution is -0.157. The number of benzene rings is 2. The molecule has 0 aliphatic rings. The van der Waals surface area contributed by atoms with Crippen LogP contribution in [0.1, 0.15) is 32.3 Å². The number of imide groups is 1. The Balaban J connectivity index is 2.06. The molecule has 178 valence electrons. The molecule has 0 aromatic heterocycles. The standard InChI is InChI=1S/C25H33N3O4S/c1-18(2)14-15-20(17-33-21-12-8-5-9-13-21)24(30)28(32)25(31)27-22(23(29)26-3)16-19-10-6-4-7-11-19/h4-13,18,20,22,32H,14-17H2,1-3H3,(H,26,29)(H,27,31)/t20-,22+/m1/s1. The van der Waals surface area contributed by atoms with E-state index in [1.807, 2.05) is 60.7 Å². The van der Waals surface area contributed by atoms with E-state index in [1.54, 1.807) is 0 Å². The van der Waals surface area contributed by atoms with Crippen molar-refractivity contribution in [1.82, 2.24) is 15.7 Å². The second-order valence-corrected chi connectivity index (χ2v) is 9.34. The maximum atomic E-state index is 13.0. The summed E-state index contributed by atoms with van der Waals surface area (Å²) in [5.74, 6) is -0.814. The Morgan fingerprint density at radius 3 is 2.15 bits per heavy atom. The first-order chi connectivity index (χ1) is 15.8. The predicted molar refractivity (Wildman–Crippen MR) is 130 cm³/mol. The molecule has 0 fully saturated rings. The molecule has 7 nitrogen and oxygen atoms in total. The van der Waals surface area contributed by atoms with Gasteiger partial charge in [-0.25, -0.2) is 4.79 Å². The first-order valence-corrected chi connectivity index (χ1v) is 12.1. The largest absolute Gasteiger partial charge is 0.357 e. The quantitative estimate of drug-likeness (QED) is 0.260. The number of hydrogen-bond acceptors (Lipinski definition) is 5. The van der Waals surface area contributed by atoms with Gasteiger partial charge in [0.1, 0.15) is 6.04 Å². The van der Waals surface area contributed by atoms with Crippen LogP contribution >= 0.6 is 11.8 Å². The van der Waals surface area contributed by atoms with Crippen molar-refractivity contribution in [1.29, 1.82) is 0 Å². The molecule has 0 unspecified atom stereocenters. The van der Waals surface area contributed by atoms with Gasteiger partial charge in [-0.3, -0.25) is 14.8 Å². The first-order valence-electron chi connectivity index (χ1n) is 11.1. The van der Waals surface area contributed by atoms with Gasteiger partial charge in [0.2, 0.25) is 5.91 Å². The Hall–Kier alpha value is -2.84. The van der Waals surface area contributed by atoms with Gasteiger partial charge in [0.25, 0.3) is 5.91 Å². The second kappa shape index (κ2) is 13.6. The number of hydroxylamine groups is 2. The highest BCUT2D eigenvalue weighted by molar-refractivity contribution is 7.99. The van der Waals surface area contributed by atoms with Crippen LogP contribution in [0.2, 0.25) is 0 Å². The minimum absolute atomic E-state index is 0.122. The Morgan fingerprint density at radius 1 is 0.970 bits per heavy atom. The fourth-order valence-electron chi connectivity index (χ4n) is 3.24. The Labute approximate surface area is 199 Å². The average molecular weight is 472 g/mol. The molecule has 0 bridgehead atoms. The molecule has 0 aliphatic heterocycles. The van der Waals surface area contributed by atoms with Crippen molar-refractivity contribution in [2.24, 2.45) is 11.8 Å². The smallest absolute Gasteiger partial charge is 0.349 e. The van der Waals surface area contributed by atoms with E-state index in [0.29, 0.717) is 18.1 Å². The van der Waals surface area contributed by atoms with Crippen molar-refractivity contribution >= 4 is 29.6 Å². The lowest BCUT2D eigenvalue weighted by atomic mass is 9.98. The molecule has 3 N–H and O–H groups in total. The lowest BCUT2D eigenvalue weighted by Crippen LogP contribution is -2.53. The minimum Gasteiger partial charge on any atom is -0.357 e. The summed E-state index contributed by atoms with van der Waals surface area (Å²) in [5.41, 5.74) is 0.844. The van der Waals surface area contributed by atoms with Crippen molar-refractivity contribution < 1.29 is 19.6 Å². The van der Waals surface area contributed by atoms with Gasteiger partial charge < -0.3 is 10.6 Å². The van der Waals surface area contributed by atoms with Gasteiger partial charge in [-0.05, 0) is 30.0 Å². The van der Waals surface area contributed by atoms with Crippen molar-refractivity contribution in [2.75, 3.05) is 12.8 Å². The Morgan fingerprint density at radius 2 is 1.58 bits per heavy atom. The van der Waals surface area contributed by atoms with Crippen molar-refractivity contribution in [3.8, 4) is 0 Å². The Bertz CT molecular complexity index is 893. The van der Waals surface area contributed by atoms with E-state index in [-0.39, 0.29) is 11.5 Å². The molecule has 2 aromatic carbocycles. The second-order valence-electron chi connectivity index (χ2n) is 8.25. The summed E-state index contributed by atoms with van der Waals surface area (Å²) in [5, 5.41) is 15.5. The monoisotopic (exact) mass is 471 g/mol. The van der Waals surface area contributed by atoms with Crippen LogP contribution in [-0.4, -0.2) is 47.0 Å². The van der Waals surface area contributed by atoms with Gasteiger partial charge in [-0.2, -0.15) is 0 Å². The van der Waals surface area contributed by atoms with Gasteiger partial charge in [-0.1, -0.05) is 68.8 Å². The van der Waals surface area contributed by atoms with Crippen LogP contribution in [0.4, 0.5) is 4.79 Å².